The summed E-state index contributed by atoms with van der Waals surface area (Å²) in [5.74, 6) is 0.851. The maximum absolute atomic E-state index is 12.4. The molecule has 0 spiro atoms. The van der Waals surface area contributed by atoms with Gasteiger partial charge in [0.15, 0.2) is 6.10 Å². The van der Waals surface area contributed by atoms with E-state index >= 15 is 0 Å². The highest BCUT2D eigenvalue weighted by Gasteiger charge is 2.23. The van der Waals surface area contributed by atoms with Gasteiger partial charge in [0.2, 0.25) is 0 Å². The minimum atomic E-state index is -4.75. The van der Waals surface area contributed by atoms with Crippen molar-refractivity contribution in [2.45, 2.75) is 259 Å². The first-order valence-electron chi connectivity index (χ1n) is 23.6. The van der Waals surface area contributed by atoms with E-state index in [1.54, 1.807) is 0 Å². The van der Waals surface area contributed by atoms with Crippen molar-refractivity contribution in [2.24, 2.45) is 11.8 Å². The van der Waals surface area contributed by atoms with Crippen molar-refractivity contribution in [2.75, 3.05) is 13.2 Å². The lowest BCUT2D eigenvalue weighted by Gasteiger charge is -2.18. The molecule has 0 aromatic carbocycles. The Morgan fingerprint density at radius 1 is 0.473 bits per heavy atom. The number of rotatable bonds is 43. The van der Waals surface area contributed by atoms with E-state index in [9.17, 15) is 14.2 Å². The molecule has 328 valence electrons. The maximum Gasteiger partial charge on any atom is 0.469 e. The molecule has 0 aliphatic heterocycles. The first-order valence-corrected chi connectivity index (χ1v) is 25.1. The van der Waals surface area contributed by atoms with Crippen LogP contribution < -0.4 is 0 Å². The predicted octanol–water partition coefficient (Wildman–Crippen LogP) is 14.5. The van der Waals surface area contributed by atoms with Crippen molar-refractivity contribution in [1.82, 2.24) is 0 Å². The lowest BCUT2D eigenvalue weighted by molar-refractivity contribution is -0.161. The fourth-order valence-electron chi connectivity index (χ4n) is 7.18. The molecule has 0 aliphatic carbocycles. The highest BCUT2D eigenvalue weighted by molar-refractivity contribution is 7.46. The number of hydrogen-bond donors (Lipinski definition) is 2. The van der Waals surface area contributed by atoms with Gasteiger partial charge in [0.25, 0.3) is 0 Å². The Morgan fingerprint density at radius 2 is 0.800 bits per heavy atom. The second kappa shape index (κ2) is 39.9. The van der Waals surface area contributed by atoms with Gasteiger partial charge in [-0.3, -0.25) is 14.1 Å². The van der Waals surface area contributed by atoms with Crippen LogP contribution in [0.15, 0.2) is 0 Å². The highest BCUT2D eigenvalue weighted by Crippen LogP contribution is 2.36. The van der Waals surface area contributed by atoms with Crippen LogP contribution in [-0.4, -0.2) is 41.0 Å². The van der Waals surface area contributed by atoms with E-state index in [-0.39, 0.29) is 19.4 Å². The molecular formula is C46H91O8P. The first-order chi connectivity index (χ1) is 26.5. The molecule has 0 aromatic heterocycles. The molecule has 2 N–H and O–H groups in total. The highest BCUT2D eigenvalue weighted by atomic mass is 31.2. The van der Waals surface area contributed by atoms with E-state index in [1.165, 1.54) is 167 Å². The topological polar surface area (TPSA) is 119 Å². The standard InChI is InChI=1S/C46H91O8P/c1-5-43(4)37-33-29-25-21-17-12-10-8-6-7-9-11-13-18-22-26-30-34-38-45(47)52-40-44(41-53-55(49,50)51)54-46(48)39-35-31-27-23-19-15-14-16-20-24-28-32-36-42(2)3/h42-44H,5-41H2,1-4H3,(H2,49,50,51)/t43?,44-/m1/s1. The monoisotopic (exact) mass is 803 g/mol. The fraction of sp³-hybridized carbons (Fsp3) is 0.957. The number of hydrogen-bond acceptors (Lipinski definition) is 6. The van der Waals surface area contributed by atoms with Crippen molar-refractivity contribution in [3.05, 3.63) is 0 Å². The largest absolute Gasteiger partial charge is 0.469 e. The lowest BCUT2D eigenvalue weighted by Crippen LogP contribution is -2.29. The number of ether oxygens (including phenoxy) is 2. The van der Waals surface area contributed by atoms with Crippen LogP contribution in [0.2, 0.25) is 0 Å². The summed E-state index contributed by atoms with van der Waals surface area (Å²) < 4.78 is 26.5. The minimum Gasteiger partial charge on any atom is -0.462 e. The van der Waals surface area contributed by atoms with E-state index < -0.39 is 32.5 Å². The Hall–Kier alpha value is -0.950. The molecule has 0 aromatic rings. The van der Waals surface area contributed by atoms with Gasteiger partial charge >= 0.3 is 19.8 Å². The molecule has 0 saturated heterocycles. The van der Waals surface area contributed by atoms with Gasteiger partial charge in [0.05, 0.1) is 6.61 Å². The van der Waals surface area contributed by atoms with Gasteiger partial charge in [0.1, 0.15) is 6.61 Å². The average Bonchev–Trinajstić information content (AvgIpc) is 3.14. The lowest BCUT2D eigenvalue weighted by atomic mass is 9.99. The summed E-state index contributed by atoms with van der Waals surface area (Å²) in [6.45, 7) is 8.45. The summed E-state index contributed by atoms with van der Waals surface area (Å²) in [7, 11) is -4.75. The summed E-state index contributed by atoms with van der Waals surface area (Å²) in [5, 5.41) is 0. The molecule has 55 heavy (non-hydrogen) atoms. The third kappa shape index (κ3) is 44.0. The second-order valence-electron chi connectivity index (χ2n) is 17.2. The third-order valence-electron chi connectivity index (χ3n) is 11.1. The summed E-state index contributed by atoms with van der Waals surface area (Å²) in [5.41, 5.74) is 0. The molecule has 0 radical (unpaired) electrons. The zero-order chi connectivity index (χ0) is 40.7. The maximum atomic E-state index is 12.4. The van der Waals surface area contributed by atoms with Gasteiger partial charge < -0.3 is 19.3 Å². The smallest absolute Gasteiger partial charge is 0.462 e. The van der Waals surface area contributed by atoms with Crippen LogP contribution in [0.4, 0.5) is 0 Å². The Kier molecular flexibility index (Phi) is 39.2. The zero-order valence-corrected chi connectivity index (χ0v) is 37.6. The van der Waals surface area contributed by atoms with Crippen LogP contribution in [-0.2, 0) is 28.2 Å². The number of phosphoric acid groups is 1. The number of phosphoric ester groups is 1. The van der Waals surface area contributed by atoms with Gasteiger partial charge in [-0.1, -0.05) is 227 Å². The van der Waals surface area contributed by atoms with Gasteiger partial charge in [-0.25, -0.2) is 4.57 Å². The van der Waals surface area contributed by atoms with Gasteiger partial charge in [-0.2, -0.15) is 0 Å². The molecule has 0 aliphatic rings. The van der Waals surface area contributed by atoms with Crippen LogP contribution in [0.3, 0.4) is 0 Å². The molecule has 0 fully saturated rings. The Bertz CT molecular complexity index is 891. The number of esters is 2. The van der Waals surface area contributed by atoms with E-state index in [0.29, 0.717) is 6.42 Å². The summed E-state index contributed by atoms with van der Waals surface area (Å²) >= 11 is 0. The van der Waals surface area contributed by atoms with Crippen LogP contribution in [0, 0.1) is 11.8 Å². The summed E-state index contributed by atoms with van der Waals surface area (Å²) in [6.07, 6.45) is 41.1. The average molecular weight is 803 g/mol. The third-order valence-corrected chi connectivity index (χ3v) is 11.6. The van der Waals surface area contributed by atoms with Gasteiger partial charge in [-0.15, -0.1) is 0 Å². The first kappa shape index (κ1) is 54.0. The fourth-order valence-corrected chi connectivity index (χ4v) is 7.54. The summed E-state index contributed by atoms with van der Waals surface area (Å²) in [6, 6.07) is 0. The Balaban J connectivity index is 3.78. The normalized spacial score (nSPS) is 13.0. The number of unbranched alkanes of at least 4 members (excludes halogenated alkanes) is 28. The quantitative estimate of drug-likeness (QED) is 0.0355. The van der Waals surface area contributed by atoms with Crippen LogP contribution in [0.1, 0.15) is 252 Å². The van der Waals surface area contributed by atoms with E-state index in [0.717, 1.165) is 50.4 Å². The van der Waals surface area contributed by atoms with Gasteiger partial charge in [-0.05, 0) is 24.7 Å². The van der Waals surface area contributed by atoms with Crippen molar-refractivity contribution in [3.63, 3.8) is 0 Å². The molecule has 2 atom stereocenters. The molecule has 0 amide bonds. The van der Waals surface area contributed by atoms with Crippen LogP contribution in [0.25, 0.3) is 0 Å². The van der Waals surface area contributed by atoms with Gasteiger partial charge in [0, 0.05) is 12.8 Å². The van der Waals surface area contributed by atoms with Crippen molar-refractivity contribution >= 4 is 19.8 Å². The molecule has 0 heterocycles. The van der Waals surface area contributed by atoms with Crippen LogP contribution in [0.5, 0.6) is 0 Å². The number of carbonyl (C=O) groups is 2. The minimum absolute atomic E-state index is 0.218. The molecule has 0 rings (SSSR count). The van der Waals surface area contributed by atoms with Crippen molar-refractivity contribution in [3.8, 4) is 0 Å². The summed E-state index contributed by atoms with van der Waals surface area (Å²) in [4.78, 5) is 43.0. The Labute approximate surface area is 340 Å². The van der Waals surface area contributed by atoms with E-state index in [1.807, 2.05) is 0 Å². The molecule has 8 nitrogen and oxygen atoms in total. The van der Waals surface area contributed by atoms with E-state index in [2.05, 4.69) is 32.2 Å². The SMILES string of the molecule is CCC(C)CCCCCCCCCCCCCCCCCCCCC(=O)OC[C@H](COP(=O)(O)O)OC(=O)CCCCCCCCCCCCCCC(C)C. The second-order valence-corrected chi connectivity index (χ2v) is 18.4. The van der Waals surface area contributed by atoms with Crippen molar-refractivity contribution in [1.29, 1.82) is 0 Å². The number of carbonyl (C=O) groups excluding carboxylic acids is 2. The molecular weight excluding hydrogens is 711 g/mol. The van der Waals surface area contributed by atoms with Crippen LogP contribution >= 0.6 is 7.82 Å². The molecule has 0 saturated carbocycles. The zero-order valence-electron chi connectivity index (χ0n) is 36.7. The molecule has 1 unspecified atom stereocenters. The Morgan fingerprint density at radius 3 is 1.15 bits per heavy atom. The van der Waals surface area contributed by atoms with Crippen molar-refractivity contribution < 1.29 is 37.9 Å². The predicted molar refractivity (Wildman–Crippen MR) is 230 cm³/mol. The molecule has 9 heteroatoms. The van der Waals surface area contributed by atoms with E-state index in [4.69, 9.17) is 19.3 Å². The molecule has 0 bridgehead atoms.